The molecule has 1 aromatic heterocycles. The number of fused-ring (bicyclic) bond motifs is 1. The second-order valence-electron chi connectivity index (χ2n) is 7.60. The lowest BCUT2D eigenvalue weighted by Gasteiger charge is -2.44. The van der Waals surface area contributed by atoms with Crippen LogP contribution in [0.4, 0.5) is 5.13 Å². The summed E-state index contributed by atoms with van der Waals surface area (Å²) in [7, 11) is 0. The summed E-state index contributed by atoms with van der Waals surface area (Å²) in [6.07, 6.45) is 9.51. The highest BCUT2D eigenvalue weighted by molar-refractivity contribution is 8.01. The van der Waals surface area contributed by atoms with Crippen molar-refractivity contribution < 1.29 is 9.59 Å². The normalized spacial score (nSPS) is 25.7. The van der Waals surface area contributed by atoms with Crippen molar-refractivity contribution >= 4 is 40.0 Å². The molecular formula is C18H26N4O2S2. The highest BCUT2D eigenvalue weighted by Gasteiger charge is 2.36. The zero-order valence-corrected chi connectivity index (χ0v) is 16.9. The number of anilines is 1. The summed E-state index contributed by atoms with van der Waals surface area (Å²) in [5.74, 6) is 1.38. The van der Waals surface area contributed by atoms with E-state index in [2.05, 4.69) is 15.1 Å². The fourth-order valence-electron chi connectivity index (χ4n) is 4.38. The van der Waals surface area contributed by atoms with Gasteiger partial charge in [-0.1, -0.05) is 35.9 Å². The molecule has 6 nitrogen and oxygen atoms in total. The number of nitrogens with zero attached hydrogens (tertiary/aromatic N) is 4. The molecule has 2 amide bonds. The number of carbonyl (C=O) groups is 2. The van der Waals surface area contributed by atoms with Crippen LogP contribution in [0.5, 0.6) is 0 Å². The summed E-state index contributed by atoms with van der Waals surface area (Å²) in [5.41, 5.74) is 0. The Kier molecular flexibility index (Phi) is 5.50. The Morgan fingerprint density at radius 3 is 2.69 bits per heavy atom. The van der Waals surface area contributed by atoms with Crippen molar-refractivity contribution in [1.82, 2.24) is 15.1 Å². The van der Waals surface area contributed by atoms with Crippen LogP contribution in [0.2, 0.25) is 0 Å². The van der Waals surface area contributed by atoms with Crippen molar-refractivity contribution in [3.8, 4) is 0 Å². The molecule has 4 rings (SSSR count). The van der Waals surface area contributed by atoms with Crippen molar-refractivity contribution in [3.63, 3.8) is 0 Å². The summed E-state index contributed by atoms with van der Waals surface area (Å²) in [5, 5.41) is 9.04. The molecule has 2 heterocycles. The molecule has 0 spiro atoms. The second-order valence-corrected chi connectivity index (χ2v) is 9.78. The molecule has 3 fully saturated rings. The zero-order chi connectivity index (χ0) is 18.1. The minimum atomic E-state index is 0.0212. The van der Waals surface area contributed by atoms with Gasteiger partial charge >= 0.3 is 0 Å². The lowest BCUT2D eigenvalue weighted by molar-refractivity contribution is -0.134. The number of aromatic nitrogens is 2. The predicted octanol–water partition coefficient (Wildman–Crippen LogP) is 3.33. The highest BCUT2D eigenvalue weighted by atomic mass is 32.2. The third-order valence-electron chi connectivity index (χ3n) is 5.74. The monoisotopic (exact) mass is 394 g/mol. The predicted molar refractivity (Wildman–Crippen MR) is 104 cm³/mol. The van der Waals surface area contributed by atoms with Crippen LogP contribution in [-0.4, -0.2) is 51.3 Å². The van der Waals surface area contributed by atoms with Gasteiger partial charge in [0.25, 0.3) is 0 Å². The van der Waals surface area contributed by atoms with Gasteiger partial charge in [0.15, 0.2) is 4.34 Å². The quantitative estimate of drug-likeness (QED) is 0.566. The van der Waals surface area contributed by atoms with E-state index in [9.17, 15) is 9.59 Å². The van der Waals surface area contributed by atoms with Crippen molar-refractivity contribution in [1.29, 1.82) is 0 Å². The van der Waals surface area contributed by atoms with Gasteiger partial charge in [-0.25, -0.2) is 0 Å². The number of hydrogen-bond donors (Lipinski definition) is 0. The number of hydrogen-bond acceptors (Lipinski definition) is 6. The topological polar surface area (TPSA) is 66.4 Å². The van der Waals surface area contributed by atoms with E-state index in [0.717, 1.165) is 30.1 Å². The molecule has 2 aliphatic carbocycles. The first-order chi connectivity index (χ1) is 12.6. The number of likely N-dealkylation sites (tertiary alicyclic amines) is 1. The average molecular weight is 395 g/mol. The molecule has 0 radical (unpaired) electrons. The minimum absolute atomic E-state index is 0.0212. The first kappa shape index (κ1) is 18.2. The van der Waals surface area contributed by atoms with E-state index in [0.29, 0.717) is 22.8 Å². The zero-order valence-electron chi connectivity index (χ0n) is 15.2. The maximum absolute atomic E-state index is 12.8. The minimum Gasteiger partial charge on any atom is -0.339 e. The van der Waals surface area contributed by atoms with Gasteiger partial charge in [-0.05, 0) is 44.4 Å². The summed E-state index contributed by atoms with van der Waals surface area (Å²) in [6.45, 7) is 2.48. The first-order valence-corrected chi connectivity index (χ1v) is 11.5. The summed E-state index contributed by atoms with van der Waals surface area (Å²) >= 11 is 2.88. The van der Waals surface area contributed by atoms with Crippen LogP contribution in [0.1, 0.15) is 58.3 Å². The van der Waals surface area contributed by atoms with Gasteiger partial charge in [0, 0.05) is 25.6 Å². The highest BCUT2D eigenvalue weighted by Crippen LogP contribution is 2.37. The molecule has 2 unspecified atom stereocenters. The van der Waals surface area contributed by atoms with Gasteiger partial charge in [0.1, 0.15) is 0 Å². The van der Waals surface area contributed by atoms with E-state index < -0.39 is 0 Å². The smallest absolute Gasteiger partial charge is 0.233 e. The van der Waals surface area contributed by atoms with E-state index >= 15 is 0 Å². The van der Waals surface area contributed by atoms with Crippen LogP contribution in [-0.2, 0) is 9.59 Å². The largest absolute Gasteiger partial charge is 0.339 e. The second kappa shape index (κ2) is 7.84. The molecule has 2 atom stereocenters. The standard InChI is InChI=1S/C18H26N4O2S2/c1-12(23)22(14-8-9-14)17-19-20-18(26-17)25-11-16(24)21-10-4-6-13-5-2-3-7-15(13)21/h13-15H,2-11H2,1H3. The van der Waals surface area contributed by atoms with Crippen LogP contribution >= 0.6 is 23.1 Å². The van der Waals surface area contributed by atoms with Crippen molar-refractivity contribution in [2.24, 2.45) is 5.92 Å². The van der Waals surface area contributed by atoms with Gasteiger partial charge in [-0.3, -0.25) is 14.5 Å². The fraction of sp³-hybridized carbons (Fsp3) is 0.778. The van der Waals surface area contributed by atoms with Gasteiger partial charge in [-0.15, -0.1) is 10.2 Å². The third kappa shape index (κ3) is 3.91. The molecule has 0 bridgehead atoms. The number of amides is 2. The summed E-state index contributed by atoms with van der Waals surface area (Å²) in [6, 6.07) is 0.746. The van der Waals surface area contributed by atoms with E-state index in [1.807, 2.05) is 0 Å². The number of piperidine rings is 1. The summed E-state index contributed by atoms with van der Waals surface area (Å²) in [4.78, 5) is 28.5. The van der Waals surface area contributed by atoms with Crippen LogP contribution in [0.15, 0.2) is 4.34 Å². The Labute approximate surface area is 162 Å². The van der Waals surface area contributed by atoms with Gasteiger partial charge in [0.2, 0.25) is 16.9 Å². The molecule has 26 heavy (non-hydrogen) atoms. The Morgan fingerprint density at radius 1 is 1.15 bits per heavy atom. The molecule has 1 saturated heterocycles. The summed E-state index contributed by atoms with van der Waals surface area (Å²) < 4.78 is 0.775. The molecule has 1 aliphatic heterocycles. The molecule has 2 saturated carbocycles. The fourth-order valence-corrected chi connectivity index (χ4v) is 6.22. The SMILES string of the molecule is CC(=O)N(c1nnc(SCC(=O)N2CCCC3CCCCC32)s1)C1CC1. The Morgan fingerprint density at radius 2 is 1.92 bits per heavy atom. The number of thioether (sulfide) groups is 1. The van der Waals surface area contributed by atoms with E-state index in [-0.39, 0.29) is 17.9 Å². The number of carbonyl (C=O) groups excluding carboxylic acids is 2. The van der Waals surface area contributed by atoms with Crippen molar-refractivity contribution in [3.05, 3.63) is 0 Å². The molecule has 3 aliphatic rings. The lowest BCUT2D eigenvalue weighted by Crippen LogP contribution is -2.50. The Bertz CT molecular complexity index is 674. The van der Waals surface area contributed by atoms with Crippen molar-refractivity contribution in [2.45, 2.75) is 74.7 Å². The molecule has 1 aromatic rings. The van der Waals surface area contributed by atoms with Gasteiger partial charge in [0.05, 0.1) is 5.75 Å². The Balaban J connectivity index is 1.35. The van der Waals surface area contributed by atoms with E-state index in [1.54, 1.807) is 11.8 Å². The first-order valence-electron chi connectivity index (χ1n) is 9.69. The van der Waals surface area contributed by atoms with Gasteiger partial charge < -0.3 is 4.90 Å². The van der Waals surface area contributed by atoms with Crippen LogP contribution in [0.3, 0.4) is 0 Å². The number of rotatable bonds is 5. The molecule has 0 N–H and O–H groups in total. The van der Waals surface area contributed by atoms with E-state index in [1.165, 1.54) is 55.2 Å². The molecule has 8 heteroatoms. The van der Waals surface area contributed by atoms with E-state index in [4.69, 9.17) is 0 Å². The Hall–Kier alpha value is -1.15. The molecule has 142 valence electrons. The molecular weight excluding hydrogens is 368 g/mol. The molecule has 0 aromatic carbocycles. The average Bonchev–Trinajstić information content (AvgIpc) is 3.36. The maximum Gasteiger partial charge on any atom is 0.233 e. The van der Waals surface area contributed by atoms with Crippen molar-refractivity contribution in [2.75, 3.05) is 17.2 Å². The van der Waals surface area contributed by atoms with Crippen LogP contribution in [0, 0.1) is 5.92 Å². The van der Waals surface area contributed by atoms with Crippen LogP contribution < -0.4 is 4.90 Å². The van der Waals surface area contributed by atoms with Crippen LogP contribution in [0.25, 0.3) is 0 Å². The maximum atomic E-state index is 12.8. The van der Waals surface area contributed by atoms with Gasteiger partial charge in [-0.2, -0.15) is 0 Å². The lowest BCUT2D eigenvalue weighted by atomic mass is 9.78. The third-order valence-corrected chi connectivity index (χ3v) is 7.78.